The summed E-state index contributed by atoms with van der Waals surface area (Å²) in [6.07, 6.45) is 5.36. The summed E-state index contributed by atoms with van der Waals surface area (Å²) in [6.45, 7) is 5.22. The van der Waals surface area contributed by atoms with Crippen LogP contribution in [0.25, 0.3) is 10.8 Å². The maximum Gasteiger partial charge on any atom is 0.266 e. The number of nitrogens with one attached hydrogen (secondary N) is 1. The van der Waals surface area contributed by atoms with Crippen molar-refractivity contribution in [3.05, 3.63) is 58.6 Å². The Balaban J connectivity index is 1.42. The Morgan fingerprint density at radius 3 is 2.96 bits per heavy atom. The molecule has 1 fully saturated rings. The summed E-state index contributed by atoms with van der Waals surface area (Å²) in [5.41, 5.74) is 0.828. The minimum absolute atomic E-state index is 0.0386. The summed E-state index contributed by atoms with van der Waals surface area (Å²) in [5, 5.41) is 18.5. The lowest BCUT2D eigenvalue weighted by molar-refractivity contribution is 0.148. The number of anilines is 1. The molecule has 1 aliphatic rings. The molecule has 1 atom stereocenters. The fourth-order valence-corrected chi connectivity index (χ4v) is 3.89. The van der Waals surface area contributed by atoms with Crippen LogP contribution in [0.4, 0.5) is 5.82 Å². The van der Waals surface area contributed by atoms with Gasteiger partial charge < -0.3 is 5.32 Å². The molecule has 28 heavy (non-hydrogen) atoms. The number of piperidine rings is 1. The van der Waals surface area contributed by atoms with Crippen LogP contribution < -0.4 is 10.9 Å². The molecular weight excluding hydrogens is 352 g/mol. The third-order valence-electron chi connectivity index (χ3n) is 5.42. The summed E-state index contributed by atoms with van der Waals surface area (Å²) >= 11 is 0. The standard InChI is InChI=1S/C21H26N6O/c1-16-9-10-20(28)27(25-16)13-12-26-11-5-4-7-18(26)15-22-21-19-8-3-2-6-17(19)14-23-24-21/h2-3,6,8-10,14,18H,4-5,7,11-13,15H2,1H3,(H,22,24). The van der Waals surface area contributed by atoms with Crippen molar-refractivity contribution in [2.24, 2.45) is 0 Å². The highest BCUT2D eigenvalue weighted by Crippen LogP contribution is 2.21. The number of hydrogen-bond donors (Lipinski definition) is 1. The van der Waals surface area contributed by atoms with Crippen LogP contribution in [0.15, 0.2) is 47.4 Å². The molecule has 0 bridgehead atoms. The average Bonchev–Trinajstić information content (AvgIpc) is 2.73. The molecule has 1 aromatic carbocycles. The smallest absolute Gasteiger partial charge is 0.266 e. The van der Waals surface area contributed by atoms with E-state index >= 15 is 0 Å². The summed E-state index contributed by atoms with van der Waals surface area (Å²) in [7, 11) is 0. The van der Waals surface area contributed by atoms with Gasteiger partial charge in [0, 0.05) is 36.0 Å². The van der Waals surface area contributed by atoms with Crippen molar-refractivity contribution in [3.63, 3.8) is 0 Å². The largest absolute Gasteiger partial charge is 0.366 e. The van der Waals surface area contributed by atoms with Gasteiger partial charge in [-0.05, 0) is 32.4 Å². The molecule has 4 rings (SSSR count). The second-order valence-corrected chi connectivity index (χ2v) is 7.38. The van der Waals surface area contributed by atoms with E-state index in [4.69, 9.17) is 0 Å². The van der Waals surface area contributed by atoms with Crippen LogP contribution in [-0.2, 0) is 6.54 Å². The third kappa shape index (κ3) is 4.20. The minimum atomic E-state index is -0.0386. The molecular formula is C21H26N6O. The fraction of sp³-hybridized carbons (Fsp3) is 0.429. The van der Waals surface area contributed by atoms with Crippen molar-refractivity contribution in [2.45, 2.75) is 38.8 Å². The molecule has 7 nitrogen and oxygen atoms in total. The molecule has 2 aromatic heterocycles. The van der Waals surface area contributed by atoms with Gasteiger partial charge in [0.05, 0.1) is 18.4 Å². The molecule has 7 heteroatoms. The number of nitrogens with zero attached hydrogens (tertiary/aromatic N) is 5. The lowest BCUT2D eigenvalue weighted by atomic mass is 10.0. The molecule has 0 saturated carbocycles. The molecule has 3 aromatic rings. The predicted octanol–water partition coefficient (Wildman–Crippen LogP) is 2.46. The van der Waals surface area contributed by atoms with Gasteiger partial charge in [-0.15, -0.1) is 5.10 Å². The SMILES string of the molecule is Cc1ccc(=O)n(CCN2CCCCC2CNc2nncc3ccccc23)n1. The first-order valence-corrected chi connectivity index (χ1v) is 9.94. The van der Waals surface area contributed by atoms with Gasteiger partial charge in [-0.3, -0.25) is 9.69 Å². The van der Waals surface area contributed by atoms with Gasteiger partial charge in [-0.2, -0.15) is 10.2 Å². The van der Waals surface area contributed by atoms with E-state index in [9.17, 15) is 4.79 Å². The molecule has 0 aliphatic carbocycles. The normalized spacial score (nSPS) is 17.7. The number of aryl methyl sites for hydroxylation is 1. The summed E-state index contributed by atoms with van der Waals surface area (Å²) in [5.74, 6) is 0.834. The maximum absolute atomic E-state index is 12.0. The zero-order valence-corrected chi connectivity index (χ0v) is 16.2. The van der Waals surface area contributed by atoms with Crippen LogP contribution in [0.5, 0.6) is 0 Å². The molecule has 0 amide bonds. The van der Waals surface area contributed by atoms with E-state index in [2.05, 4.69) is 37.6 Å². The highest BCUT2D eigenvalue weighted by atomic mass is 16.1. The number of hydrogen-bond acceptors (Lipinski definition) is 6. The Morgan fingerprint density at radius 2 is 2.04 bits per heavy atom. The molecule has 146 valence electrons. The molecule has 1 aliphatic heterocycles. The first-order chi connectivity index (χ1) is 13.7. The van der Waals surface area contributed by atoms with Gasteiger partial charge in [0.1, 0.15) is 0 Å². The Morgan fingerprint density at radius 1 is 1.14 bits per heavy atom. The Kier molecular flexibility index (Phi) is 5.62. The van der Waals surface area contributed by atoms with E-state index in [0.717, 1.165) is 48.3 Å². The van der Waals surface area contributed by atoms with Gasteiger partial charge in [0.15, 0.2) is 5.82 Å². The first kappa shape index (κ1) is 18.6. The van der Waals surface area contributed by atoms with Gasteiger partial charge in [0.25, 0.3) is 5.56 Å². The molecule has 1 N–H and O–H groups in total. The number of benzene rings is 1. The van der Waals surface area contributed by atoms with Crippen molar-refractivity contribution in [2.75, 3.05) is 25.0 Å². The van der Waals surface area contributed by atoms with Crippen LogP contribution >= 0.6 is 0 Å². The van der Waals surface area contributed by atoms with Crippen molar-refractivity contribution < 1.29 is 0 Å². The summed E-state index contributed by atoms with van der Waals surface area (Å²) in [6, 6.07) is 11.9. The second-order valence-electron chi connectivity index (χ2n) is 7.38. The van der Waals surface area contributed by atoms with Crippen molar-refractivity contribution in [3.8, 4) is 0 Å². The average molecular weight is 378 g/mol. The highest BCUT2D eigenvalue weighted by Gasteiger charge is 2.22. The van der Waals surface area contributed by atoms with Crippen LogP contribution in [-0.4, -0.2) is 50.6 Å². The summed E-state index contributed by atoms with van der Waals surface area (Å²) in [4.78, 5) is 14.5. The lowest BCUT2D eigenvalue weighted by Crippen LogP contribution is -2.45. The molecule has 0 spiro atoms. The van der Waals surface area contributed by atoms with Gasteiger partial charge in [-0.25, -0.2) is 4.68 Å². The molecule has 3 heterocycles. The first-order valence-electron chi connectivity index (χ1n) is 9.94. The summed E-state index contributed by atoms with van der Waals surface area (Å²) < 4.78 is 1.57. The number of rotatable bonds is 6. The zero-order chi connectivity index (χ0) is 19.3. The Labute approximate surface area is 164 Å². The van der Waals surface area contributed by atoms with Gasteiger partial charge in [0.2, 0.25) is 0 Å². The third-order valence-corrected chi connectivity index (χ3v) is 5.42. The minimum Gasteiger partial charge on any atom is -0.366 e. The number of likely N-dealkylation sites (tertiary alicyclic amines) is 1. The van der Waals surface area contributed by atoms with Crippen molar-refractivity contribution >= 4 is 16.6 Å². The molecule has 0 radical (unpaired) electrons. The predicted molar refractivity (Wildman–Crippen MR) is 110 cm³/mol. The number of fused-ring (bicyclic) bond motifs is 1. The second kappa shape index (κ2) is 8.48. The number of aromatic nitrogens is 4. The topological polar surface area (TPSA) is 75.9 Å². The lowest BCUT2D eigenvalue weighted by Gasteiger charge is -2.36. The van der Waals surface area contributed by atoms with Crippen LogP contribution in [0, 0.1) is 6.92 Å². The monoisotopic (exact) mass is 378 g/mol. The van der Waals surface area contributed by atoms with Crippen LogP contribution in [0.3, 0.4) is 0 Å². The van der Waals surface area contributed by atoms with Crippen molar-refractivity contribution in [1.82, 2.24) is 24.9 Å². The zero-order valence-electron chi connectivity index (χ0n) is 16.2. The van der Waals surface area contributed by atoms with E-state index in [-0.39, 0.29) is 5.56 Å². The van der Waals surface area contributed by atoms with Crippen LogP contribution in [0.1, 0.15) is 25.0 Å². The van der Waals surface area contributed by atoms with Crippen molar-refractivity contribution in [1.29, 1.82) is 0 Å². The highest BCUT2D eigenvalue weighted by molar-refractivity contribution is 5.90. The van der Waals surface area contributed by atoms with E-state index in [1.807, 2.05) is 19.1 Å². The molecule has 1 unspecified atom stereocenters. The van der Waals surface area contributed by atoms with E-state index in [0.29, 0.717) is 12.6 Å². The Bertz CT molecular complexity index is 996. The molecule has 1 saturated heterocycles. The van der Waals surface area contributed by atoms with E-state index in [1.165, 1.54) is 12.8 Å². The van der Waals surface area contributed by atoms with E-state index < -0.39 is 0 Å². The maximum atomic E-state index is 12.0. The van der Waals surface area contributed by atoms with E-state index in [1.54, 1.807) is 23.0 Å². The Hall–Kier alpha value is -2.80. The fourth-order valence-electron chi connectivity index (χ4n) is 3.89. The van der Waals surface area contributed by atoms with Gasteiger partial charge in [-0.1, -0.05) is 30.7 Å². The van der Waals surface area contributed by atoms with Crippen LogP contribution in [0.2, 0.25) is 0 Å². The van der Waals surface area contributed by atoms with Gasteiger partial charge >= 0.3 is 0 Å². The quantitative estimate of drug-likeness (QED) is 0.710.